The fourth-order valence-corrected chi connectivity index (χ4v) is 2.71. The number of nitrogens with one attached hydrogen (secondary N) is 2. The third-order valence-electron chi connectivity index (χ3n) is 3.66. The van der Waals surface area contributed by atoms with Gasteiger partial charge in [-0.2, -0.15) is 0 Å². The summed E-state index contributed by atoms with van der Waals surface area (Å²) in [7, 11) is 0. The molecule has 3 rings (SSSR count). The number of ether oxygens (including phenoxy) is 1. The maximum Gasteiger partial charge on any atom is 0.254 e. The summed E-state index contributed by atoms with van der Waals surface area (Å²) in [6.07, 6.45) is 1.69. The van der Waals surface area contributed by atoms with Gasteiger partial charge in [-0.1, -0.05) is 24.4 Å². The molecule has 0 saturated carbocycles. The van der Waals surface area contributed by atoms with Crippen LogP contribution in [-0.4, -0.2) is 17.5 Å². The Labute approximate surface area is 144 Å². The Morgan fingerprint density at radius 1 is 1.38 bits per heavy atom. The van der Waals surface area contributed by atoms with Crippen molar-refractivity contribution >= 4 is 29.1 Å². The third kappa shape index (κ3) is 3.19. The van der Waals surface area contributed by atoms with Gasteiger partial charge in [0.2, 0.25) is 0 Å². The number of benzene rings is 1. The zero-order chi connectivity index (χ0) is 17.1. The van der Waals surface area contributed by atoms with Crippen LogP contribution in [0.15, 0.2) is 47.0 Å². The summed E-state index contributed by atoms with van der Waals surface area (Å²) in [6.45, 7) is 4.36. The molecule has 1 aromatic carbocycles. The Balaban J connectivity index is 1.85. The molecule has 2 aromatic heterocycles. The first-order valence-corrected chi connectivity index (χ1v) is 8.14. The van der Waals surface area contributed by atoms with Crippen LogP contribution in [0.4, 0.5) is 0 Å². The van der Waals surface area contributed by atoms with Gasteiger partial charge < -0.3 is 19.5 Å². The maximum atomic E-state index is 12.4. The predicted octanol–water partition coefficient (Wildman–Crippen LogP) is 4.38. The lowest BCUT2D eigenvalue weighted by Crippen LogP contribution is -2.26. The lowest BCUT2D eigenvalue weighted by atomic mass is 10.2. The van der Waals surface area contributed by atoms with Crippen LogP contribution in [0.25, 0.3) is 11.0 Å². The van der Waals surface area contributed by atoms with E-state index in [-0.39, 0.29) is 11.9 Å². The lowest BCUT2D eigenvalue weighted by Gasteiger charge is -2.11. The number of H-pyrrole nitrogens is 1. The van der Waals surface area contributed by atoms with Crippen LogP contribution in [0.3, 0.4) is 0 Å². The highest BCUT2D eigenvalue weighted by molar-refractivity contribution is 7.71. The molecule has 0 radical (unpaired) electrons. The maximum absolute atomic E-state index is 12.4. The number of fused-ring (bicyclic) bond motifs is 1. The summed E-state index contributed by atoms with van der Waals surface area (Å²) < 4.78 is 11.9. The minimum atomic E-state index is -0.297. The molecule has 124 valence electrons. The molecule has 2 N–H and O–H groups in total. The van der Waals surface area contributed by atoms with Crippen molar-refractivity contribution < 1.29 is 13.9 Å². The molecule has 1 atom stereocenters. The average molecular weight is 342 g/mol. The molecule has 0 bridgehead atoms. The largest absolute Gasteiger partial charge is 0.490 e. The van der Waals surface area contributed by atoms with Gasteiger partial charge >= 0.3 is 0 Å². The number of amides is 1. The summed E-state index contributed by atoms with van der Waals surface area (Å²) in [5.74, 6) is 1.12. The molecule has 5 nitrogen and oxygen atoms in total. The van der Waals surface area contributed by atoms with E-state index in [4.69, 9.17) is 21.4 Å². The van der Waals surface area contributed by atoms with Gasteiger partial charge in [-0.05, 0) is 38.1 Å². The van der Waals surface area contributed by atoms with Gasteiger partial charge in [-0.3, -0.25) is 4.79 Å². The van der Waals surface area contributed by atoms with Crippen LogP contribution >= 0.6 is 12.2 Å². The minimum Gasteiger partial charge on any atom is -0.490 e. The molecule has 0 aliphatic carbocycles. The van der Waals surface area contributed by atoms with Crippen molar-refractivity contribution in [3.05, 3.63) is 58.6 Å². The van der Waals surface area contributed by atoms with Crippen molar-refractivity contribution in [2.75, 3.05) is 6.61 Å². The smallest absolute Gasteiger partial charge is 0.254 e. The van der Waals surface area contributed by atoms with E-state index in [9.17, 15) is 4.79 Å². The Hall–Kier alpha value is -2.60. The number of furan rings is 1. The Morgan fingerprint density at radius 3 is 2.96 bits per heavy atom. The fourth-order valence-electron chi connectivity index (χ4n) is 2.48. The molecular weight excluding hydrogens is 324 g/mol. The van der Waals surface area contributed by atoms with Crippen molar-refractivity contribution in [3.8, 4) is 5.75 Å². The van der Waals surface area contributed by atoms with Crippen molar-refractivity contribution in [2.45, 2.75) is 19.9 Å². The fraction of sp³-hybridized carbons (Fsp3) is 0.222. The molecule has 24 heavy (non-hydrogen) atoms. The lowest BCUT2D eigenvalue weighted by molar-refractivity contribution is 0.0935. The number of aromatic amines is 1. The zero-order valence-electron chi connectivity index (χ0n) is 13.5. The van der Waals surface area contributed by atoms with Crippen molar-refractivity contribution in [3.63, 3.8) is 0 Å². The van der Waals surface area contributed by atoms with Gasteiger partial charge in [-0.15, -0.1) is 0 Å². The summed E-state index contributed by atoms with van der Waals surface area (Å²) in [4.78, 5) is 15.2. The number of pyridine rings is 1. The van der Waals surface area contributed by atoms with Gasteiger partial charge in [-0.25, -0.2) is 0 Å². The van der Waals surface area contributed by atoms with Crippen LogP contribution < -0.4 is 10.1 Å². The van der Waals surface area contributed by atoms with Gasteiger partial charge in [0.15, 0.2) is 11.3 Å². The number of para-hydroxylation sites is 1. The SMILES string of the molecule is CCOc1cccc2cc(C(C)NC(=O)c3ccc[nH]c3=S)oc12. The number of carbonyl (C=O) groups is 1. The van der Waals surface area contributed by atoms with Gasteiger partial charge in [0, 0.05) is 11.6 Å². The van der Waals surface area contributed by atoms with Crippen LogP contribution in [0.1, 0.15) is 36.0 Å². The molecule has 3 aromatic rings. The Bertz CT molecular complexity index is 929. The van der Waals surface area contributed by atoms with Crippen molar-refractivity contribution in [1.82, 2.24) is 10.3 Å². The monoisotopic (exact) mass is 342 g/mol. The molecular formula is C18H18N2O3S. The molecule has 0 aliphatic rings. The standard InChI is InChI=1S/C18H18N2O3S/c1-3-22-14-8-4-6-12-10-15(23-16(12)14)11(2)20-17(21)13-7-5-9-19-18(13)24/h4-11H,3H2,1-2H3,(H,19,24)(H,20,21). The van der Waals surface area contributed by atoms with Crippen LogP contribution in [0.5, 0.6) is 5.75 Å². The quantitative estimate of drug-likeness (QED) is 0.675. The number of hydrogen-bond donors (Lipinski definition) is 2. The van der Waals surface area contributed by atoms with Gasteiger partial charge in [0.05, 0.1) is 18.2 Å². The topological polar surface area (TPSA) is 67.3 Å². The molecule has 6 heteroatoms. The average Bonchev–Trinajstić information content (AvgIpc) is 3.01. The van der Waals surface area contributed by atoms with E-state index in [2.05, 4.69) is 10.3 Å². The highest BCUT2D eigenvalue weighted by Gasteiger charge is 2.17. The number of aromatic nitrogens is 1. The molecule has 0 aliphatic heterocycles. The first-order valence-electron chi connectivity index (χ1n) is 7.74. The highest BCUT2D eigenvalue weighted by Crippen LogP contribution is 2.31. The van der Waals surface area contributed by atoms with E-state index >= 15 is 0 Å². The predicted molar refractivity (Wildman–Crippen MR) is 94.9 cm³/mol. The molecule has 0 spiro atoms. The number of rotatable bonds is 5. The second-order valence-corrected chi connectivity index (χ2v) is 5.77. The van der Waals surface area contributed by atoms with Crippen LogP contribution in [0.2, 0.25) is 0 Å². The van der Waals surface area contributed by atoms with E-state index in [0.29, 0.717) is 33.9 Å². The highest BCUT2D eigenvalue weighted by atomic mass is 32.1. The second kappa shape index (κ2) is 6.88. The van der Waals surface area contributed by atoms with Gasteiger partial charge in [0.25, 0.3) is 5.91 Å². The second-order valence-electron chi connectivity index (χ2n) is 5.36. The van der Waals surface area contributed by atoms with E-state index in [1.54, 1.807) is 18.3 Å². The van der Waals surface area contributed by atoms with Crippen LogP contribution in [-0.2, 0) is 0 Å². The van der Waals surface area contributed by atoms with E-state index in [1.807, 2.05) is 38.1 Å². The van der Waals surface area contributed by atoms with E-state index < -0.39 is 0 Å². The molecule has 1 unspecified atom stereocenters. The van der Waals surface area contributed by atoms with E-state index in [0.717, 1.165) is 5.39 Å². The number of hydrogen-bond acceptors (Lipinski definition) is 4. The normalized spacial score (nSPS) is 12.1. The Morgan fingerprint density at radius 2 is 2.21 bits per heavy atom. The van der Waals surface area contributed by atoms with E-state index in [1.165, 1.54) is 0 Å². The summed E-state index contributed by atoms with van der Waals surface area (Å²) >= 11 is 5.14. The van der Waals surface area contributed by atoms with Crippen LogP contribution in [0, 0.1) is 4.64 Å². The third-order valence-corrected chi connectivity index (χ3v) is 4.00. The molecule has 0 fully saturated rings. The number of carbonyl (C=O) groups excluding carboxylic acids is 1. The van der Waals surface area contributed by atoms with Crippen molar-refractivity contribution in [2.24, 2.45) is 0 Å². The minimum absolute atomic E-state index is 0.241. The first-order chi connectivity index (χ1) is 11.6. The summed E-state index contributed by atoms with van der Waals surface area (Å²) in [5, 5.41) is 3.84. The summed E-state index contributed by atoms with van der Waals surface area (Å²) in [6, 6.07) is 10.8. The Kier molecular flexibility index (Phi) is 4.66. The molecule has 1 amide bonds. The zero-order valence-corrected chi connectivity index (χ0v) is 14.3. The summed E-state index contributed by atoms with van der Waals surface area (Å²) in [5.41, 5.74) is 1.12. The van der Waals surface area contributed by atoms with Crippen molar-refractivity contribution in [1.29, 1.82) is 0 Å². The molecule has 2 heterocycles. The first kappa shape index (κ1) is 16.3. The molecule has 0 saturated heterocycles. The van der Waals surface area contributed by atoms with Gasteiger partial charge in [0.1, 0.15) is 10.4 Å².